The van der Waals surface area contributed by atoms with E-state index in [1.807, 2.05) is 53.5 Å². The summed E-state index contributed by atoms with van der Waals surface area (Å²) in [6, 6.07) is 15.6. The first-order valence-corrected chi connectivity index (χ1v) is 11.8. The second kappa shape index (κ2) is 7.72. The number of nitrogens with two attached hydrogens (primary N) is 1. The van der Waals surface area contributed by atoms with Crippen LogP contribution in [0.5, 0.6) is 0 Å². The number of fused-ring (bicyclic) bond motifs is 1. The third-order valence-electron chi connectivity index (χ3n) is 5.37. The first kappa shape index (κ1) is 19.2. The van der Waals surface area contributed by atoms with Gasteiger partial charge in [-0.05, 0) is 46.7 Å². The van der Waals surface area contributed by atoms with Gasteiger partial charge >= 0.3 is 0 Å². The summed E-state index contributed by atoms with van der Waals surface area (Å²) in [5.74, 6) is 0.0295. The topological polar surface area (TPSA) is 78.0 Å². The maximum Gasteiger partial charge on any atom is 0.244 e. The van der Waals surface area contributed by atoms with E-state index in [4.69, 9.17) is 5.73 Å². The Morgan fingerprint density at radius 3 is 2.46 bits per heavy atom. The lowest BCUT2D eigenvalue weighted by atomic mass is 9.99. The molecule has 5 nitrogen and oxygen atoms in total. The van der Waals surface area contributed by atoms with Gasteiger partial charge in [-0.3, -0.25) is 0 Å². The van der Waals surface area contributed by atoms with Crippen LogP contribution in [0.1, 0.15) is 43.2 Å². The zero-order valence-electron chi connectivity index (χ0n) is 15.4. The Hall–Kier alpha value is -2.12. The smallest absolute Gasteiger partial charge is 0.244 e. The van der Waals surface area contributed by atoms with Gasteiger partial charge in [0.1, 0.15) is 0 Å². The number of rotatable bonds is 4. The normalized spacial score (nSPS) is 16.5. The highest BCUT2D eigenvalue weighted by atomic mass is 79.9. The Kier molecular flexibility index (Phi) is 5.29. The van der Waals surface area contributed by atoms with Crippen molar-refractivity contribution < 1.29 is 8.42 Å². The van der Waals surface area contributed by atoms with E-state index in [1.165, 1.54) is 3.97 Å². The Morgan fingerprint density at radius 2 is 1.79 bits per heavy atom. The van der Waals surface area contributed by atoms with Gasteiger partial charge in [0, 0.05) is 0 Å². The maximum absolute atomic E-state index is 13.3. The summed E-state index contributed by atoms with van der Waals surface area (Å²) in [5, 5.41) is -0.398. The molecule has 3 aromatic rings. The third-order valence-corrected chi connectivity index (χ3v) is 8.03. The predicted molar refractivity (Wildman–Crippen MR) is 118 cm³/mol. The summed E-state index contributed by atoms with van der Waals surface area (Å²) in [6.45, 7) is 0. The molecule has 1 aliphatic carbocycles. The molecule has 0 unspecified atom stereocenters. The molecule has 4 rings (SSSR count). The van der Waals surface area contributed by atoms with Crippen molar-refractivity contribution in [1.82, 2.24) is 8.96 Å². The Bertz CT molecular complexity index is 1130. The molecule has 1 heterocycles. The van der Waals surface area contributed by atoms with Crippen LogP contribution < -0.4 is 5.73 Å². The summed E-state index contributed by atoms with van der Waals surface area (Å²) in [4.78, 5) is 6.15. The molecular formula is C21H22BrN3O2S. The summed E-state index contributed by atoms with van der Waals surface area (Å²) < 4.78 is 27.9. The van der Waals surface area contributed by atoms with E-state index >= 15 is 0 Å². The van der Waals surface area contributed by atoms with Crippen molar-refractivity contribution in [3.05, 3.63) is 64.6 Å². The van der Waals surface area contributed by atoms with E-state index < -0.39 is 15.3 Å². The van der Waals surface area contributed by atoms with E-state index in [-0.39, 0.29) is 5.95 Å². The Balaban J connectivity index is 1.85. The molecular weight excluding hydrogens is 438 g/mol. The minimum atomic E-state index is -3.59. The number of hydrogen-bond donors (Lipinski definition) is 1. The fourth-order valence-electron chi connectivity index (χ4n) is 3.93. The van der Waals surface area contributed by atoms with Crippen molar-refractivity contribution in [2.75, 3.05) is 5.73 Å². The lowest BCUT2D eigenvalue weighted by molar-refractivity contribution is 0.480. The first-order valence-electron chi connectivity index (χ1n) is 9.41. The number of nitrogens with zero attached hydrogens (tertiary/aromatic N) is 2. The van der Waals surface area contributed by atoms with Crippen molar-refractivity contribution >= 4 is 48.5 Å². The number of hydrogen-bond acceptors (Lipinski definition) is 4. The lowest BCUT2D eigenvalue weighted by Gasteiger charge is -2.22. The molecule has 28 heavy (non-hydrogen) atoms. The minimum absolute atomic E-state index is 0.0295. The zero-order chi connectivity index (χ0) is 19.7. The molecule has 0 spiro atoms. The average Bonchev–Trinajstić information content (AvgIpc) is 3.06. The standard InChI is InChI=1S/C21H22BrN3O2S/c22-14-18(15-7-3-1-4-8-15)16-11-12-19-20(13-16)25(21(23)24-19)28(26,27)17-9-5-2-6-10-17/h1,3-4,7-8,11-14,17H,2,5-6,9-10H2,(H2,23,24). The van der Waals surface area contributed by atoms with Gasteiger partial charge in [-0.15, -0.1) is 0 Å². The van der Waals surface area contributed by atoms with Crippen LogP contribution in [-0.2, 0) is 10.0 Å². The van der Waals surface area contributed by atoms with Gasteiger partial charge in [0.25, 0.3) is 0 Å². The van der Waals surface area contributed by atoms with Crippen LogP contribution >= 0.6 is 15.9 Å². The van der Waals surface area contributed by atoms with Crippen molar-refractivity contribution in [2.45, 2.75) is 37.4 Å². The number of aromatic nitrogens is 2. The molecule has 0 saturated heterocycles. The molecule has 1 fully saturated rings. The van der Waals surface area contributed by atoms with Gasteiger partial charge in [0.15, 0.2) is 0 Å². The second-order valence-electron chi connectivity index (χ2n) is 7.13. The van der Waals surface area contributed by atoms with E-state index in [1.54, 1.807) is 0 Å². The second-order valence-corrected chi connectivity index (χ2v) is 9.65. The Labute approximate surface area is 173 Å². The quantitative estimate of drug-likeness (QED) is 0.600. The number of imidazole rings is 1. The van der Waals surface area contributed by atoms with Gasteiger partial charge in [0.2, 0.25) is 16.0 Å². The summed E-state index contributed by atoms with van der Waals surface area (Å²) in [7, 11) is -3.59. The summed E-state index contributed by atoms with van der Waals surface area (Å²) >= 11 is 3.45. The van der Waals surface area contributed by atoms with Crippen molar-refractivity contribution in [1.29, 1.82) is 0 Å². The Morgan fingerprint density at radius 1 is 1.07 bits per heavy atom. The molecule has 146 valence electrons. The lowest BCUT2D eigenvalue weighted by Crippen LogP contribution is -2.30. The third kappa shape index (κ3) is 3.37. The highest BCUT2D eigenvalue weighted by Gasteiger charge is 2.32. The first-order chi connectivity index (χ1) is 13.5. The minimum Gasteiger partial charge on any atom is -0.368 e. The van der Waals surface area contributed by atoms with E-state index in [2.05, 4.69) is 20.9 Å². The highest BCUT2D eigenvalue weighted by Crippen LogP contribution is 2.32. The van der Waals surface area contributed by atoms with Crippen LogP contribution in [0.25, 0.3) is 16.6 Å². The van der Waals surface area contributed by atoms with Gasteiger partial charge in [0.05, 0.1) is 16.3 Å². The number of nitrogen functional groups attached to an aromatic ring is 1. The van der Waals surface area contributed by atoms with Crippen molar-refractivity contribution in [2.24, 2.45) is 0 Å². The van der Waals surface area contributed by atoms with Crippen molar-refractivity contribution in [3.63, 3.8) is 0 Å². The zero-order valence-corrected chi connectivity index (χ0v) is 17.8. The monoisotopic (exact) mass is 459 g/mol. The number of benzene rings is 2. The SMILES string of the molecule is Nc1nc2ccc(C(=CBr)c3ccccc3)cc2n1S(=O)(=O)C1CCCCC1. The molecule has 1 aliphatic rings. The molecule has 7 heteroatoms. The summed E-state index contributed by atoms with van der Waals surface area (Å²) in [6.07, 6.45) is 4.32. The van der Waals surface area contributed by atoms with Gasteiger partial charge in [-0.1, -0.05) is 71.6 Å². The highest BCUT2D eigenvalue weighted by molar-refractivity contribution is 9.11. The number of halogens is 1. The van der Waals surface area contributed by atoms with Gasteiger partial charge < -0.3 is 5.73 Å². The fourth-order valence-corrected chi connectivity index (χ4v) is 6.41. The van der Waals surface area contributed by atoms with Crippen LogP contribution in [0.3, 0.4) is 0 Å². The summed E-state index contributed by atoms with van der Waals surface area (Å²) in [5.41, 5.74) is 10.1. The van der Waals surface area contributed by atoms with Gasteiger partial charge in [-0.25, -0.2) is 17.4 Å². The molecule has 0 bridgehead atoms. The van der Waals surface area contributed by atoms with E-state index in [0.29, 0.717) is 23.9 Å². The molecule has 1 saturated carbocycles. The van der Waals surface area contributed by atoms with E-state index in [0.717, 1.165) is 36.0 Å². The van der Waals surface area contributed by atoms with Crippen LogP contribution in [0, 0.1) is 0 Å². The average molecular weight is 460 g/mol. The van der Waals surface area contributed by atoms with Crippen LogP contribution in [-0.4, -0.2) is 22.6 Å². The molecule has 0 amide bonds. The van der Waals surface area contributed by atoms with E-state index in [9.17, 15) is 8.42 Å². The van der Waals surface area contributed by atoms with Crippen LogP contribution in [0.15, 0.2) is 53.5 Å². The predicted octanol–water partition coefficient (Wildman–Crippen LogP) is 4.91. The van der Waals surface area contributed by atoms with Gasteiger partial charge in [-0.2, -0.15) is 0 Å². The fraction of sp³-hybridized carbons (Fsp3) is 0.286. The van der Waals surface area contributed by atoms with Crippen LogP contribution in [0.2, 0.25) is 0 Å². The molecule has 0 atom stereocenters. The molecule has 0 aliphatic heterocycles. The largest absolute Gasteiger partial charge is 0.368 e. The molecule has 1 aromatic heterocycles. The van der Waals surface area contributed by atoms with Crippen LogP contribution in [0.4, 0.5) is 5.95 Å². The number of anilines is 1. The van der Waals surface area contributed by atoms with Crippen molar-refractivity contribution in [3.8, 4) is 0 Å². The molecule has 0 radical (unpaired) electrons. The maximum atomic E-state index is 13.3. The molecule has 2 N–H and O–H groups in total. The molecule has 2 aromatic carbocycles.